The highest BCUT2D eigenvalue weighted by molar-refractivity contribution is 5.97. The number of aryl methyl sites for hydroxylation is 1. The van der Waals surface area contributed by atoms with Gasteiger partial charge in [0.1, 0.15) is 52.1 Å². The molecule has 2 saturated carbocycles. The van der Waals surface area contributed by atoms with Crippen LogP contribution in [0.5, 0.6) is 0 Å². The largest absolute Gasteiger partial charge is 0.464 e. The van der Waals surface area contributed by atoms with Crippen molar-refractivity contribution in [2.45, 2.75) is 236 Å². The summed E-state index contributed by atoms with van der Waals surface area (Å²) in [6.07, 6.45) is 3.05. The number of esters is 4. The van der Waals surface area contributed by atoms with Gasteiger partial charge in [-0.15, -0.1) is 12.4 Å². The number of alkyl halides is 4. The number of aliphatic hydroxyl groups excluding tert-OH is 1. The quantitative estimate of drug-likeness (QED) is 0.0914. The van der Waals surface area contributed by atoms with Crippen LogP contribution < -0.4 is 10.6 Å². The van der Waals surface area contributed by atoms with Gasteiger partial charge >= 0.3 is 30.0 Å². The highest BCUT2D eigenvalue weighted by atomic mass is 35.5. The number of halogens is 7. The average Bonchev–Trinajstić information content (AvgIpc) is 1.58. The van der Waals surface area contributed by atoms with E-state index < -0.39 is 180 Å². The fraction of sp³-hybridized carbons (Fsp3) is 0.643. The zero-order chi connectivity index (χ0) is 70.3. The predicted octanol–water partition coefficient (Wildman–Crippen LogP) is 10.0. The summed E-state index contributed by atoms with van der Waals surface area (Å²) >= 11 is 0. The summed E-state index contributed by atoms with van der Waals surface area (Å²) in [5.74, 6) is -15.6. The van der Waals surface area contributed by atoms with Gasteiger partial charge in [-0.05, 0) is 142 Å². The van der Waals surface area contributed by atoms with E-state index in [0.717, 1.165) is 34.6 Å². The maximum Gasteiger partial charge on any atom is 0.410 e. The van der Waals surface area contributed by atoms with Crippen LogP contribution in [-0.2, 0) is 88.0 Å². The number of carbonyl (C=O) groups excluding carboxylic acids is 9. The molecule has 5 aliphatic heterocycles. The molecule has 3 N–H and O–H groups in total. The second-order valence-electron chi connectivity index (χ2n) is 28.3. The van der Waals surface area contributed by atoms with Gasteiger partial charge in [-0.3, -0.25) is 33.7 Å². The number of amides is 5. The predicted molar refractivity (Wildman–Crippen MR) is 342 cm³/mol. The van der Waals surface area contributed by atoms with Crippen molar-refractivity contribution in [1.29, 1.82) is 0 Å². The Bertz CT molecular complexity index is 3300. The van der Waals surface area contributed by atoms with E-state index in [1.807, 2.05) is 6.07 Å². The first kappa shape index (κ1) is 77.1. The first-order chi connectivity index (χ1) is 45.1. The van der Waals surface area contributed by atoms with Crippen molar-refractivity contribution in [3.63, 3.8) is 0 Å². The third-order valence-electron chi connectivity index (χ3n) is 18.4. The molecule has 4 fully saturated rings. The molecule has 20 nitrogen and oxygen atoms in total. The lowest BCUT2D eigenvalue weighted by atomic mass is 9.93. The van der Waals surface area contributed by atoms with Crippen LogP contribution in [0.2, 0.25) is 0 Å². The zero-order valence-corrected chi connectivity index (χ0v) is 57.2. The van der Waals surface area contributed by atoms with Crippen molar-refractivity contribution in [3.8, 4) is 0 Å². The van der Waals surface area contributed by atoms with Gasteiger partial charge in [-0.1, -0.05) is 48.6 Å². The second-order valence-corrected chi connectivity index (χ2v) is 28.3. The molecule has 97 heavy (non-hydrogen) atoms. The molecule has 0 bridgehead atoms. The third kappa shape index (κ3) is 20.0. The Morgan fingerprint density at radius 1 is 0.619 bits per heavy atom. The topological polar surface area (TPSA) is 254 Å². The molecule has 0 spiro atoms. The number of fused-ring (bicyclic) bond motifs is 6. The first-order valence-electron chi connectivity index (χ1n) is 33.3. The molecule has 0 unspecified atom stereocenters. The number of nitrogens with one attached hydrogen (secondary N) is 2. The van der Waals surface area contributed by atoms with E-state index in [0.29, 0.717) is 11.1 Å². The second kappa shape index (κ2) is 31.8. The van der Waals surface area contributed by atoms with Gasteiger partial charge in [0.25, 0.3) is 0 Å². The molecular weight excluding hydrogens is 1300 g/mol. The van der Waals surface area contributed by atoms with Crippen molar-refractivity contribution in [2.75, 3.05) is 26.3 Å². The lowest BCUT2D eigenvalue weighted by Crippen LogP contribution is -2.54. The van der Waals surface area contributed by atoms with Crippen molar-refractivity contribution in [3.05, 3.63) is 94.6 Å². The van der Waals surface area contributed by atoms with Gasteiger partial charge in [0, 0.05) is 80.8 Å². The Morgan fingerprint density at radius 2 is 1.08 bits per heavy atom. The molecule has 2 aromatic carbocycles. The van der Waals surface area contributed by atoms with E-state index in [9.17, 15) is 65.8 Å². The summed E-state index contributed by atoms with van der Waals surface area (Å²) in [5, 5.41) is 15.8. The van der Waals surface area contributed by atoms with Gasteiger partial charge in [0.15, 0.2) is 0 Å². The summed E-state index contributed by atoms with van der Waals surface area (Å²) < 4.78 is 114. The van der Waals surface area contributed by atoms with E-state index in [1.54, 1.807) is 104 Å². The van der Waals surface area contributed by atoms with Gasteiger partial charge in [-0.2, -0.15) is 0 Å². The molecule has 8 aliphatic rings. The minimum Gasteiger partial charge on any atom is -0.464 e. The van der Waals surface area contributed by atoms with Crippen LogP contribution in [0.4, 0.5) is 31.1 Å². The number of benzene rings is 2. The maximum atomic E-state index is 15.1. The number of nitrogens with zero attached hydrogens (tertiary/aromatic N) is 3. The first-order valence-corrected chi connectivity index (χ1v) is 33.3. The van der Waals surface area contributed by atoms with E-state index >= 15 is 8.78 Å². The van der Waals surface area contributed by atoms with Gasteiger partial charge < -0.3 is 49.2 Å². The molecule has 536 valence electrons. The monoisotopic (exact) mass is 1390 g/mol. The Labute approximate surface area is 568 Å². The van der Waals surface area contributed by atoms with E-state index in [2.05, 4.69) is 10.6 Å². The van der Waals surface area contributed by atoms with Crippen LogP contribution >= 0.6 is 12.4 Å². The molecular formula is C70H92ClF6N5O15. The van der Waals surface area contributed by atoms with Crippen molar-refractivity contribution in [1.82, 2.24) is 25.3 Å². The number of allylic oxidation sites excluding steroid dienone is 2. The Balaban J connectivity index is 0.000000242. The van der Waals surface area contributed by atoms with E-state index in [1.165, 1.54) is 16.5 Å². The molecule has 5 heterocycles. The Kier molecular flexibility index (Phi) is 25.2. The minimum absolute atomic E-state index is 0. The SMILES string of the molecule is CCOC(=O)[C@@]12C[C@H]1/C=C\CCC(F)(F)CC[C@H](CC(=O)OC(C)(C)C)C(=O)N1C[C@H](O)C[C@H]1C(=O)N2.CCOC(=O)[C@@]12C[C@H]1/C=C\CCC(F)(F)CC[C@H](CC(=O)OC(C)(C)C)C(=O)N1C[C@H](OC(=O)N3Cc4cccc(F)c4C3)C[C@H]1C(=O)N2.Cl.Fc1cccc2c1CCC2. The van der Waals surface area contributed by atoms with Crippen LogP contribution in [0.1, 0.15) is 174 Å². The molecule has 3 aliphatic carbocycles. The Hall–Kier alpha value is -7.22. The normalized spacial score (nSPS) is 28.9. The molecule has 5 amide bonds. The number of hydrogen-bond acceptors (Lipinski definition) is 15. The molecule has 27 heteroatoms. The lowest BCUT2D eigenvalue weighted by Gasteiger charge is -2.30. The van der Waals surface area contributed by atoms with Gasteiger partial charge in [0.05, 0.1) is 45.2 Å². The minimum atomic E-state index is -3.16. The molecule has 0 aromatic heterocycles. The number of ether oxygens (including phenoxy) is 5. The zero-order valence-electron chi connectivity index (χ0n) is 56.3. The number of rotatable bonds is 9. The standard InChI is InChI=1S/C35H44F3N3O8.C26H38F2N2O7.C9H9F.ClH/c1-5-47-31(45)35-17-23(35)10-6-7-13-34(37,38)14-12-21(15-28(42)49-33(2,3)4)30(44)41-19-24(16-27(41)29(43)39-35)48-32(46)40-18-22-9-8-11-26(36)25(22)20-40;1-5-36-23(35)26-14-17(26)8-6-7-10-25(27,28)11-9-16(12-20(32)37-24(2,3)4)22(34)30-15-18(31)13-19(30)21(33)29-26;10-9-6-2-4-7-3-1-5-8(7)9;/h6,8-11,21,23-24,27H,5,7,12-20H2,1-4H3,(H,39,43);6,8,16-19,31H,5,7,9-15H2,1-4H3,(H,29,33);2,4,6H,1,3,5H2;1H/b10-6-;8-6-;;/t21-,23-,24-,27+,35-;16-,17-,18-,19+,26-;;/m11../s1. The number of aliphatic hydroxyl groups is 1. The summed E-state index contributed by atoms with van der Waals surface area (Å²) in [4.78, 5) is 123. The summed E-state index contributed by atoms with van der Waals surface area (Å²) in [6.45, 7) is 12.9. The summed E-state index contributed by atoms with van der Waals surface area (Å²) in [5.41, 5.74) is -1.36. The van der Waals surface area contributed by atoms with Crippen molar-refractivity contribution < 1.29 is 98.3 Å². The van der Waals surface area contributed by atoms with E-state index in [4.69, 9.17) is 23.7 Å². The molecule has 2 aromatic rings. The van der Waals surface area contributed by atoms with Crippen LogP contribution in [0.15, 0.2) is 60.7 Å². The fourth-order valence-corrected chi connectivity index (χ4v) is 13.4. The fourth-order valence-electron chi connectivity index (χ4n) is 13.4. The number of carbonyl (C=O) groups is 9. The lowest BCUT2D eigenvalue weighted by molar-refractivity contribution is -0.160. The van der Waals surface area contributed by atoms with E-state index in [-0.39, 0.29) is 109 Å². The van der Waals surface area contributed by atoms with Crippen LogP contribution in [-0.4, -0.2) is 158 Å². The molecule has 2 saturated heterocycles. The van der Waals surface area contributed by atoms with Crippen LogP contribution in [0.25, 0.3) is 0 Å². The number of hydrogen-bond donors (Lipinski definition) is 3. The average molecular weight is 1390 g/mol. The smallest absolute Gasteiger partial charge is 0.410 e. The van der Waals surface area contributed by atoms with Crippen molar-refractivity contribution in [2.24, 2.45) is 23.7 Å². The van der Waals surface area contributed by atoms with Crippen LogP contribution in [0, 0.1) is 35.3 Å². The summed E-state index contributed by atoms with van der Waals surface area (Å²) in [7, 11) is 0. The molecule has 10 rings (SSSR count). The van der Waals surface area contributed by atoms with Crippen molar-refractivity contribution >= 4 is 66.0 Å². The molecule has 10 atom stereocenters. The third-order valence-corrected chi connectivity index (χ3v) is 18.4. The van der Waals surface area contributed by atoms with Crippen LogP contribution in [0.3, 0.4) is 0 Å². The summed E-state index contributed by atoms with van der Waals surface area (Å²) in [6, 6.07) is 7.52. The Morgan fingerprint density at radius 3 is 1.55 bits per heavy atom. The van der Waals surface area contributed by atoms with Gasteiger partial charge in [-0.25, -0.2) is 40.7 Å². The maximum absolute atomic E-state index is 15.1. The highest BCUT2D eigenvalue weighted by Gasteiger charge is 2.64. The molecule has 0 radical (unpaired) electrons. The highest BCUT2D eigenvalue weighted by Crippen LogP contribution is 2.48. The van der Waals surface area contributed by atoms with Gasteiger partial charge in [0.2, 0.25) is 35.5 Å².